The van der Waals surface area contributed by atoms with Crippen LogP contribution < -0.4 is 21.3 Å². The van der Waals surface area contributed by atoms with E-state index in [1.54, 1.807) is 48.5 Å². The molecule has 0 saturated heterocycles. The number of urea groups is 1. The molecule has 31 heavy (non-hydrogen) atoms. The van der Waals surface area contributed by atoms with Gasteiger partial charge < -0.3 is 21.3 Å². The first-order chi connectivity index (χ1) is 15.1. The zero-order chi connectivity index (χ0) is 21.6. The molecule has 4 N–H and O–H groups in total. The van der Waals surface area contributed by atoms with E-state index in [0.717, 1.165) is 38.5 Å². The Morgan fingerprint density at radius 2 is 1.35 bits per heavy atom. The Hall–Kier alpha value is -3.35. The van der Waals surface area contributed by atoms with Crippen LogP contribution in [0.2, 0.25) is 0 Å². The Balaban J connectivity index is 1.36. The molecule has 0 atom stereocenters. The van der Waals surface area contributed by atoms with Crippen molar-refractivity contribution in [2.75, 3.05) is 16.0 Å². The molecule has 4 amide bonds. The number of nitrogens with one attached hydrogen (secondary N) is 4. The minimum atomic E-state index is -0.284. The van der Waals surface area contributed by atoms with Crippen molar-refractivity contribution >= 4 is 34.9 Å². The maximum atomic E-state index is 12.7. The maximum absolute atomic E-state index is 12.7. The topological polar surface area (TPSA) is 99.3 Å². The summed E-state index contributed by atoms with van der Waals surface area (Å²) in [6.07, 6.45) is 7.27. The van der Waals surface area contributed by atoms with Crippen molar-refractivity contribution in [3.05, 3.63) is 54.1 Å². The third-order valence-electron chi connectivity index (χ3n) is 5.66. The molecule has 0 spiro atoms. The summed E-state index contributed by atoms with van der Waals surface area (Å²) in [7, 11) is 0. The lowest BCUT2D eigenvalue weighted by atomic mass is 9.88. The molecule has 0 unspecified atom stereocenters. The van der Waals surface area contributed by atoms with Crippen molar-refractivity contribution < 1.29 is 14.4 Å². The minimum Gasteiger partial charge on any atom is -0.335 e. The lowest BCUT2D eigenvalue weighted by Gasteiger charge is -2.20. The molecule has 2 aromatic rings. The van der Waals surface area contributed by atoms with Crippen LogP contribution in [0.3, 0.4) is 0 Å². The van der Waals surface area contributed by atoms with Crippen LogP contribution in [0.1, 0.15) is 55.3 Å². The van der Waals surface area contributed by atoms with Gasteiger partial charge in [0.1, 0.15) is 0 Å². The van der Waals surface area contributed by atoms with Crippen molar-refractivity contribution in [1.82, 2.24) is 5.32 Å². The Morgan fingerprint density at radius 3 is 2.06 bits per heavy atom. The number of hydrogen-bond donors (Lipinski definition) is 4. The molecule has 0 bridgehead atoms. The standard InChI is InChI=1S/C24H28N4O3/c29-22(16-6-2-1-3-7-16)25-19-9-4-8-17(14-19)23(30)26-20-10-5-11-21(15-20)28-24(31)27-18-12-13-18/h4-5,8-11,14-16,18H,1-3,6-7,12-13H2,(H,25,29)(H,26,30)(H2,27,28,31). The lowest BCUT2D eigenvalue weighted by Crippen LogP contribution is -2.30. The largest absolute Gasteiger partial charge is 0.335 e. The molecule has 0 radical (unpaired) electrons. The summed E-state index contributed by atoms with van der Waals surface area (Å²) in [6, 6.07) is 14.0. The summed E-state index contributed by atoms with van der Waals surface area (Å²) in [5.74, 6) is -0.201. The van der Waals surface area contributed by atoms with Crippen molar-refractivity contribution in [3.8, 4) is 0 Å². The number of hydrogen-bond acceptors (Lipinski definition) is 3. The van der Waals surface area contributed by atoms with E-state index in [4.69, 9.17) is 0 Å². The summed E-state index contributed by atoms with van der Waals surface area (Å²) < 4.78 is 0. The van der Waals surface area contributed by atoms with E-state index in [-0.39, 0.29) is 29.8 Å². The molecule has 2 fully saturated rings. The number of carbonyl (C=O) groups is 3. The van der Waals surface area contributed by atoms with Crippen LogP contribution in [-0.4, -0.2) is 23.9 Å². The van der Waals surface area contributed by atoms with Crippen LogP contribution in [0, 0.1) is 5.92 Å². The van der Waals surface area contributed by atoms with Crippen molar-refractivity contribution in [3.63, 3.8) is 0 Å². The maximum Gasteiger partial charge on any atom is 0.319 e. The predicted octanol–water partition coefficient (Wildman–Crippen LogP) is 4.74. The Bertz CT molecular complexity index is 965. The van der Waals surface area contributed by atoms with E-state index >= 15 is 0 Å². The molecule has 2 aliphatic rings. The van der Waals surface area contributed by atoms with E-state index in [0.29, 0.717) is 22.6 Å². The molecule has 0 aromatic heterocycles. The third-order valence-corrected chi connectivity index (χ3v) is 5.66. The fourth-order valence-electron chi connectivity index (χ4n) is 3.81. The fourth-order valence-corrected chi connectivity index (χ4v) is 3.81. The highest BCUT2D eigenvalue weighted by atomic mass is 16.2. The van der Waals surface area contributed by atoms with Crippen molar-refractivity contribution in [2.24, 2.45) is 5.92 Å². The number of amides is 4. The van der Waals surface area contributed by atoms with E-state index in [1.165, 1.54) is 6.42 Å². The molecule has 2 saturated carbocycles. The van der Waals surface area contributed by atoms with Crippen LogP contribution in [0.5, 0.6) is 0 Å². The van der Waals surface area contributed by atoms with E-state index in [1.807, 2.05) is 0 Å². The second-order valence-corrected chi connectivity index (χ2v) is 8.31. The number of benzene rings is 2. The van der Waals surface area contributed by atoms with Gasteiger partial charge in [-0.3, -0.25) is 9.59 Å². The molecule has 2 aliphatic carbocycles. The Labute approximate surface area is 182 Å². The van der Waals surface area contributed by atoms with Gasteiger partial charge in [0.2, 0.25) is 5.91 Å². The molecule has 162 valence electrons. The van der Waals surface area contributed by atoms with Gasteiger partial charge in [-0.1, -0.05) is 31.4 Å². The lowest BCUT2D eigenvalue weighted by molar-refractivity contribution is -0.120. The first-order valence-electron chi connectivity index (χ1n) is 11.0. The molecule has 2 aromatic carbocycles. The number of anilines is 3. The van der Waals surface area contributed by atoms with Gasteiger partial charge in [0.05, 0.1) is 0 Å². The van der Waals surface area contributed by atoms with Gasteiger partial charge in [-0.2, -0.15) is 0 Å². The zero-order valence-corrected chi connectivity index (χ0v) is 17.4. The second-order valence-electron chi connectivity index (χ2n) is 8.31. The van der Waals surface area contributed by atoms with Crippen LogP contribution in [0.25, 0.3) is 0 Å². The normalized spacial score (nSPS) is 16.3. The second kappa shape index (κ2) is 9.64. The summed E-state index contributed by atoms with van der Waals surface area (Å²) in [6.45, 7) is 0. The van der Waals surface area contributed by atoms with Gasteiger partial charge in [0.15, 0.2) is 0 Å². The molecule has 7 nitrogen and oxygen atoms in total. The van der Waals surface area contributed by atoms with Crippen molar-refractivity contribution in [2.45, 2.75) is 51.0 Å². The highest BCUT2D eigenvalue weighted by Gasteiger charge is 2.23. The molecule has 7 heteroatoms. The molecule has 0 aliphatic heterocycles. The van der Waals surface area contributed by atoms with Crippen LogP contribution in [0.4, 0.5) is 21.9 Å². The van der Waals surface area contributed by atoms with Gasteiger partial charge in [-0.05, 0) is 62.1 Å². The Kier molecular flexibility index (Phi) is 6.50. The van der Waals surface area contributed by atoms with E-state index in [2.05, 4.69) is 21.3 Å². The first-order valence-corrected chi connectivity index (χ1v) is 11.0. The summed E-state index contributed by atoms with van der Waals surface area (Å²) in [4.78, 5) is 37.1. The van der Waals surface area contributed by atoms with Crippen molar-refractivity contribution in [1.29, 1.82) is 0 Å². The highest BCUT2D eigenvalue weighted by molar-refractivity contribution is 6.05. The SMILES string of the molecule is O=C(Nc1cccc(NC(=O)c2cccc(NC(=O)C3CCCCC3)c2)c1)NC1CC1. The molecule has 0 heterocycles. The van der Waals surface area contributed by atoms with Gasteiger partial charge in [0, 0.05) is 34.6 Å². The smallest absolute Gasteiger partial charge is 0.319 e. The van der Waals surface area contributed by atoms with Gasteiger partial charge in [0.25, 0.3) is 5.91 Å². The summed E-state index contributed by atoms with van der Waals surface area (Å²) >= 11 is 0. The quantitative estimate of drug-likeness (QED) is 0.543. The third kappa shape index (κ3) is 6.07. The van der Waals surface area contributed by atoms with Gasteiger partial charge >= 0.3 is 6.03 Å². The van der Waals surface area contributed by atoms with Gasteiger partial charge in [-0.15, -0.1) is 0 Å². The minimum absolute atomic E-state index is 0.0282. The summed E-state index contributed by atoms with van der Waals surface area (Å²) in [5.41, 5.74) is 2.25. The van der Waals surface area contributed by atoms with Crippen LogP contribution in [-0.2, 0) is 4.79 Å². The molecular weight excluding hydrogens is 392 g/mol. The zero-order valence-electron chi connectivity index (χ0n) is 17.4. The monoisotopic (exact) mass is 420 g/mol. The Morgan fingerprint density at radius 1 is 0.710 bits per heavy atom. The molecule has 4 rings (SSSR count). The average Bonchev–Trinajstić information content (AvgIpc) is 3.58. The molecular formula is C24H28N4O3. The highest BCUT2D eigenvalue weighted by Crippen LogP contribution is 2.25. The van der Waals surface area contributed by atoms with Crippen LogP contribution in [0.15, 0.2) is 48.5 Å². The fraction of sp³-hybridized carbons (Fsp3) is 0.375. The van der Waals surface area contributed by atoms with E-state index < -0.39 is 0 Å². The van der Waals surface area contributed by atoms with Gasteiger partial charge in [-0.25, -0.2) is 4.79 Å². The van der Waals surface area contributed by atoms with E-state index in [9.17, 15) is 14.4 Å². The first kappa shape index (κ1) is 20.9. The number of carbonyl (C=O) groups excluding carboxylic acids is 3. The predicted molar refractivity (Wildman–Crippen MR) is 121 cm³/mol. The average molecular weight is 421 g/mol. The number of rotatable bonds is 6. The van der Waals surface area contributed by atoms with Crippen LogP contribution >= 0.6 is 0 Å². The summed E-state index contributed by atoms with van der Waals surface area (Å²) in [5, 5.41) is 11.4.